The highest BCUT2D eigenvalue weighted by Gasteiger charge is 2.23. The van der Waals surface area contributed by atoms with E-state index < -0.39 is 6.10 Å². The van der Waals surface area contributed by atoms with Gasteiger partial charge in [0.2, 0.25) is 0 Å². The highest BCUT2D eigenvalue weighted by atomic mass is 16.3. The van der Waals surface area contributed by atoms with Gasteiger partial charge in [-0.05, 0) is 24.6 Å². The largest absolute Gasteiger partial charge is 0.396 e. The third-order valence-corrected chi connectivity index (χ3v) is 3.90. The van der Waals surface area contributed by atoms with E-state index in [2.05, 4.69) is 29.2 Å². The molecule has 0 spiro atoms. The summed E-state index contributed by atoms with van der Waals surface area (Å²) in [5, 5.41) is 19.7. The number of hydrogen-bond acceptors (Lipinski definition) is 3. The monoisotopic (exact) mass is 299 g/mol. The highest BCUT2D eigenvalue weighted by molar-refractivity contribution is 5.33. The first kappa shape index (κ1) is 16.7. The van der Waals surface area contributed by atoms with E-state index in [1.165, 1.54) is 0 Å². The van der Waals surface area contributed by atoms with Crippen LogP contribution in [-0.2, 0) is 0 Å². The van der Waals surface area contributed by atoms with Gasteiger partial charge >= 0.3 is 0 Å². The van der Waals surface area contributed by atoms with Gasteiger partial charge in [0.1, 0.15) is 0 Å². The summed E-state index contributed by atoms with van der Waals surface area (Å²) in [5.74, 6) is -0.0426. The number of rotatable bonds is 8. The Hall–Kier alpha value is -1.68. The maximum Gasteiger partial charge on any atom is 0.0775 e. The van der Waals surface area contributed by atoms with Crippen LogP contribution in [0, 0.1) is 0 Å². The van der Waals surface area contributed by atoms with Crippen LogP contribution >= 0.6 is 0 Å². The van der Waals surface area contributed by atoms with Gasteiger partial charge in [-0.2, -0.15) is 0 Å². The van der Waals surface area contributed by atoms with Gasteiger partial charge in [0.15, 0.2) is 0 Å². The zero-order chi connectivity index (χ0) is 15.8. The summed E-state index contributed by atoms with van der Waals surface area (Å²) in [6.07, 6.45) is 0.235. The Morgan fingerprint density at radius 3 is 1.86 bits per heavy atom. The van der Waals surface area contributed by atoms with E-state index in [9.17, 15) is 5.11 Å². The third-order valence-electron chi connectivity index (χ3n) is 3.90. The van der Waals surface area contributed by atoms with E-state index in [0.29, 0.717) is 6.54 Å². The summed E-state index contributed by atoms with van der Waals surface area (Å²) < 4.78 is 0. The van der Waals surface area contributed by atoms with Gasteiger partial charge in [0.25, 0.3) is 0 Å². The summed E-state index contributed by atoms with van der Waals surface area (Å²) in [6.45, 7) is 1.54. The number of hydrogen-bond donors (Lipinski definition) is 2. The fourth-order valence-electron chi connectivity index (χ4n) is 2.81. The van der Waals surface area contributed by atoms with Crippen molar-refractivity contribution in [3.05, 3.63) is 71.8 Å². The molecule has 22 heavy (non-hydrogen) atoms. The van der Waals surface area contributed by atoms with Crippen LogP contribution < -0.4 is 0 Å². The average Bonchev–Trinajstić information content (AvgIpc) is 2.55. The first-order valence-electron chi connectivity index (χ1n) is 7.79. The highest BCUT2D eigenvalue weighted by Crippen LogP contribution is 2.28. The first-order valence-corrected chi connectivity index (χ1v) is 7.79. The van der Waals surface area contributed by atoms with Gasteiger partial charge in [0, 0.05) is 25.6 Å². The smallest absolute Gasteiger partial charge is 0.0775 e. The van der Waals surface area contributed by atoms with E-state index in [4.69, 9.17) is 5.11 Å². The molecule has 0 heterocycles. The van der Waals surface area contributed by atoms with E-state index in [1.807, 2.05) is 43.4 Å². The number of benzene rings is 2. The molecular weight excluding hydrogens is 274 g/mol. The van der Waals surface area contributed by atoms with E-state index in [0.717, 1.165) is 24.1 Å². The minimum atomic E-state index is -0.492. The number of nitrogens with zero attached hydrogens (tertiary/aromatic N) is 1. The predicted molar refractivity (Wildman–Crippen MR) is 89.9 cm³/mol. The maximum absolute atomic E-state index is 10.8. The van der Waals surface area contributed by atoms with Gasteiger partial charge < -0.3 is 15.1 Å². The lowest BCUT2D eigenvalue weighted by Crippen LogP contribution is -2.34. The fourth-order valence-corrected chi connectivity index (χ4v) is 2.81. The molecule has 0 saturated heterocycles. The Morgan fingerprint density at radius 2 is 1.41 bits per heavy atom. The summed E-state index contributed by atoms with van der Waals surface area (Å²) >= 11 is 0. The number of aliphatic hydroxyl groups excluding tert-OH is 2. The SMILES string of the molecule is CN(CCCO)CC(O)C(c1ccccc1)c1ccccc1. The summed E-state index contributed by atoms with van der Waals surface area (Å²) in [5.41, 5.74) is 2.24. The Balaban J connectivity index is 2.18. The van der Waals surface area contributed by atoms with Crippen LogP contribution in [0.5, 0.6) is 0 Å². The second kappa shape index (κ2) is 8.69. The van der Waals surface area contributed by atoms with Crippen molar-refractivity contribution in [2.24, 2.45) is 0 Å². The quantitative estimate of drug-likeness (QED) is 0.787. The molecular formula is C19H25NO2. The van der Waals surface area contributed by atoms with Crippen LogP contribution in [0.25, 0.3) is 0 Å². The Morgan fingerprint density at radius 1 is 0.909 bits per heavy atom. The molecule has 118 valence electrons. The molecule has 0 aliphatic carbocycles. The molecule has 2 aromatic carbocycles. The van der Waals surface area contributed by atoms with Crippen LogP contribution in [-0.4, -0.2) is 48.0 Å². The van der Waals surface area contributed by atoms with Crippen LogP contribution in [0.3, 0.4) is 0 Å². The zero-order valence-corrected chi connectivity index (χ0v) is 13.1. The summed E-state index contributed by atoms with van der Waals surface area (Å²) in [7, 11) is 1.98. The van der Waals surface area contributed by atoms with Crippen molar-refractivity contribution in [1.82, 2.24) is 4.90 Å². The van der Waals surface area contributed by atoms with Gasteiger partial charge in [-0.25, -0.2) is 0 Å². The van der Waals surface area contributed by atoms with Gasteiger partial charge in [-0.15, -0.1) is 0 Å². The van der Waals surface area contributed by atoms with Gasteiger partial charge in [0.05, 0.1) is 6.10 Å². The molecule has 0 saturated carbocycles. The Bertz CT molecular complexity index is 490. The standard InChI is InChI=1S/C19H25NO2/c1-20(13-8-14-21)15-18(22)19(16-9-4-2-5-10-16)17-11-6-3-7-12-17/h2-7,9-12,18-19,21-22H,8,13-15H2,1H3. The topological polar surface area (TPSA) is 43.7 Å². The average molecular weight is 299 g/mol. The molecule has 0 amide bonds. The second-order valence-corrected chi connectivity index (χ2v) is 5.71. The molecule has 0 fully saturated rings. The van der Waals surface area contributed by atoms with E-state index in [1.54, 1.807) is 0 Å². The van der Waals surface area contributed by atoms with E-state index in [-0.39, 0.29) is 12.5 Å². The van der Waals surface area contributed by atoms with Crippen molar-refractivity contribution in [1.29, 1.82) is 0 Å². The lowest BCUT2D eigenvalue weighted by atomic mass is 9.86. The first-order chi connectivity index (χ1) is 10.7. The van der Waals surface area contributed by atoms with Gasteiger partial charge in [-0.3, -0.25) is 0 Å². The van der Waals surface area contributed by atoms with Crippen LogP contribution in [0.1, 0.15) is 23.5 Å². The molecule has 1 atom stereocenters. The molecule has 2 N–H and O–H groups in total. The molecule has 3 nitrogen and oxygen atoms in total. The molecule has 3 heteroatoms. The number of aliphatic hydroxyl groups is 2. The predicted octanol–water partition coefficient (Wildman–Crippen LogP) is 2.49. The number of likely N-dealkylation sites (N-methyl/N-ethyl adjacent to an activating group) is 1. The normalized spacial score (nSPS) is 12.8. The summed E-state index contributed by atoms with van der Waals surface area (Å²) in [6, 6.07) is 20.3. The molecule has 0 aliphatic rings. The van der Waals surface area contributed by atoms with Crippen LogP contribution in [0.2, 0.25) is 0 Å². The van der Waals surface area contributed by atoms with Crippen molar-refractivity contribution in [2.45, 2.75) is 18.4 Å². The van der Waals surface area contributed by atoms with Crippen LogP contribution in [0.15, 0.2) is 60.7 Å². The molecule has 0 radical (unpaired) electrons. The Labute approximate surface area is 132 Å². The molecule has 0 bridgehead atoms. The maximum atomic E-state index is 10.8. The lowest BCUT2D eigenvalue weighted by Gasteiger charge is -2.28. The summed E-state index contributed by atoms with van der Waals surface area (Å²) in [4.78, 5) is 2.07. The molecule has 0 aromatic heterocycles. The minimum absolute atomic E-state index is 0.0426. The molecule has 2 aromatic rings. The molecule has 0 aliphatic heterocycles. The fraction of sp³-hybridized carbons (Fsp3) is 0.368. The van der Waals surface area contributed by atoms with E-state index >= 15 is 0 Å². The third kappa shape index (κ3) is 4.67. The second-order valence-electron chi connectivity index (χ2n) is 5.71. The van der Waals surface area contributed by atoms with Crippen molar-refractivity contribution in [3.63, 3.8) is 0 Å². The zero-order valence-electron chi connectivity index (χ0n) is 13.1. The van der Waals surface area contributed by atoms with Crippen molar-refractivity contribution in [3.8, 4) is 0 Å². The van der Waals surface area contributed by atoms with Crippen molar-refractivity contribution >= 4 is 0 Å². The molecule has 1 unspecified atom stereocenters. The van der Waals surface area contributed by atoms with Crippen molar-refractivity contribution < 1.29 is 10.2 Å². The van der Waals surface area contributed by atoms with Crippen LogP contribution in [0.4, 0.5) is 0 Å². The minimum Gasteiger partial charge on any atom is -0.396 e. The molecule has 2 rings (SSSR count). The van der Waals surface area contributed by atoms with Crippen molar-refractivity contribution in [2.75, 3.05) is 26.7 Å². The lowest BCUT2D eigenvalue weighted by molar-refractivity contribution is 0.108. The van der Waals surface area contributed by atoms with Gasteiger partial charge in [-0.1, -0.05) is 60.7 Å². The Kier molecular flexibility index (Phi) is 6.59.